The third-order valence-electron chi connectivity index (χ3n) is 6.03. The number of rotatable bonds is 7. The third-order valence-corrected chi connectivity index (χ3v) is 6.28. The van der Waals surface area contributed by atoms with E-state index in [0.717, 1.165) is 44.0 Å². The Bertz CT molecular complexity index is 971. The summed E-state index contributed by atoms with van der Waals surface area (Å²) in [6.45, 7) is 3.81. The summed E-state index contributed by atoms with van der Waals surface area (Å²) in [7, 11) is 0. The number of benzene rings is 3. The van der Waals surface area contributed by atoms with Gasteiger partial charge < -0.3 is 10.2 Å². The van der Waals surface area contributed by atoms with Crippen LogP contribution in [0, 0.1) is 0 Å². The van der Waals surface area contributed by atoms with Gasteiger partial charge in [-0.25, -0.2) is 4.79 Å². The number of carbonyl (C=O) groups excluding carboxylic acids is 1. The predicted octanol–water partition coefficient (Wildman–Crippen LogP) is 5.39. The highest BCUT2D eigenvalue weighted by atomic mass is 35.5. The highest BCUT2D eigenvalue weighted by Gasteiger charge is 2.28. The van der Waals surface area contributed by atoms with Gasteiger partial charge in [0.2, 0.25) is 0 Å². The van der Waals surface area contributed by atoms with Crippen molar-refractivity contribution in [2.24, 2.45) is 0 Å². The van der Waals surface area contributed by atoms with Crippen molar-refractivity contribution in [3.05, 3.63) is 107 Å². The van der Waals surface area contributed by atoms with E-state index >= 15 is 0 Å². The normalized spacial score (nSPS) is 15.3. The van der Waals surface area contributed by atoms with Crippen molar-refractivity contribution in [1.82, 2.24) is 15.1 Å². The Kier molecular flexibility index (Phi) is 7.81. The molecule has 0 bridgehead atoms. The van der Waals surface area contributed by atoms with Gasteiger partial charge in [0.15, 0.2) is 0 Å². The molecule has 1 atom stereocenters. The lowest BCUT2D eigenvalue weighted by Crippen LogP contribution is -2.52. The minimum absolute atomic E-state index is 0.0421. The maximum Gasteiger partial charge on any atom is 0.317 e. The van der Waals surface area contributed by atoms with E-state index in [4.69, 9.17) is 11.6 Å². The zero-order chi connectivity index (χ0) is 22.2. The highest BCUT2D eigenvalue weighted by Crippen LogP contribution is 2.30. The van der Waals surface area contributed by atoms with Gasteiger partial charge in [-0.3, -0.25) is 4.90 Å². The number of hydrogen-bond acceptors (Lipinski definition) is 2. The van der Waals surface area contributed by atoms with E-state index in [2.05, 4.69) is 70.9 Å². The molecule has 2 amide bonds. The second-order valence-electron chi connectivity index (χ2n) is 8.21. The molecule has 1 heterocycles. The summed E-state index contributed by atoms with van der Waals surface area (Å²) in [4.78, 5) is 17.0. The molecule has 0 radical (unpaired) electrons. The Morgan fingerprint density at radius 3 is 2.06 bits per heavy atom. The summed E-state index contributed by atoms with van der Waals surface area (Å²) >= 11 is 6.12. The van der Waals surface area contributed by atoms with Crippen LogP contribution in [-0.4, -0.2) is 48.6 Å². The van der Waals surface area contributed by atoms with Gasteiger partial charge in [0.25, 0.3) is 0 Å². The molecular weight excluding hydrogens is 418 g/mol. The van der Waals surface area contributed by atoms with Gasteiger partial charge in [-0.05, 0) is 41.7 Å². The van der Waals surface area contributed by atoms with Crippen LogP contribution < -0.4 is 5.32 Å². The van der Waals surface area contributed by atoms with Crippen LogP contribution in [-0.2, 0) is 6.42 Å². The van der Waals surface area contributed by atoms with Crippen molar-refractivity contribution in [2.75, 3.05) is 32.7 Å². The quantitative estimate of drug-likeness (QED) is 0.493. The minimum Gasteiger partial charge on any atom is -0.338 e. The number of aryl methyl sites for hydroxylation is 1. The Hall–Kier alpha value is -2.82. The second-order valence-corrected chi connectivity index (χ2v) is 8.65. The first-order valence-electron chi connectivity index (χ1n) is 11.3. The molecule has 32 heavy (non-hydrogen) atoms. The lowest BCUT2D eigenvalue weighted by Gasteiger charge is -2.39. The fourth-order valence-corrected chi connectivity index (χ4v) is 4.45. The van der Waals surface area contributed by atoms with Crippen molar-refractivity contribution in [2.45, 2.75) is 18.9 Å². The number of carbonyl (C=O) groups is 1. The van der Waals surface area contributed by atoms with Crippen LogP contribution in [0.3, 0.4) is 0 Å². The first-order valence-corrected chi connectivity index (χ1v) is 11.7. The molecule has 0 spiro atoms. The lowest BCUT2D eigenvalue weighted by molar-refractivity contribution is 0.120. The monoisotopic (exact) mass is 447 g/mol. The summed E-state index contributed by atoms with van der Waals surface area (Å²) in [6.07, 6.45) is 1.93. The van der Waals surface area contributed by atoms with Gasteiger partial charge >= 0.3 is 6.03 Å². The van der Waals surface area contributed by atoms with Crippen molar-refractivity contribution in [3.63, 3.8) is 0 Å². The Balaban J connectivity index is 1.31. The first-order chi connectivity index (χ1) is 15.7. The number of piperazine rings is 1. The average Bonchev–Trinajstić information content (AvgIpc) is 2.85. The maximum absolute atomic E-state index is 12.6. The molecule has 166 valence electrons. The third kappa shape index (κ3) is 5.90. The van der Waals surface area contributed by atoms with Crippen molar-refractivity contribution < 1.29 is 4.79 Å². The van der Waals surface area contributed by atoms with E-state index in [0.29, 0.717) is 6.54 Å². The summed E-state index contributed by atoms with van der Waals surface area (Å²) in [6, 6.07) is 29.3. The molecule has 4 rings (SSSR count). The zero-order valence-electron chi connectivity index (χ0n) is 18.3. The van der Waals surface area contributed by atoms with Crippen molar-refractivity contribution in [1.29, 1.82) is 0 Å². The number of urea groups is 1. The summed E-state index contributed by atoms with van der Waals surface area (Å²) in [5.74, 6) is 0. The van der Waals surface area contributed by atoms with E-state index < -0.39 is 0 Å². The average molecular weight is 448 g/mol. The largest absolute Gasteiger partial charge is 0.338 e. The molecule has 1 N–H and O–H groups in total. The molecule has 1 saturated heterocycles. The molecule has 1 aliphatic rings. The number of hydrogen-bond donors (Lipinski definition) is 1. The molecular formula is C27H30ClN3O. The predicted molar refractivity (Wildman–Crippen MR) is 131 cm³/mol. The number of nitrogens with one attached hydrogen (secondary N) is 1. The summed E-state index contributed by atoms with van der Waals surface area (Å²) in [5.41, 5.74) is 3.79. The molecule has 5 heteroatoms. The van der Waals surface area contributed by atoms with Crippen LogP contribution in [0.15, 0.2) is 84.9 Å². The summed E-state index contributed by atoms with van der Waals surface area (Å²) < 4.78 is 0. The highest BCUT2D eigenvalue weighted by molar-refractivity contribution is 6.30. The number of halogens is 1. The fraction of sp³-hybridized carbons (Fsp3) is 0.296. The minimum atomic E-state index is 0.0421. The lowest BCUT2D eigenvalue weighted by atomic mass is 9.96. The molecule has 4 nitrogen and oxygen atoms in total. The Morgan fingerprint density at radius 2 is 1.41 bits per heavy atom. The standard InChI is InChI=1S/C27H30ClN3O/c28-25-15-13-24(14-16-25)26(23-11-5-2-6-12-23)30-18-20-31(21-19-30)27(32)29-17-7-10-22-8-3-1-4-9-22/h1-6,8-9,11-16,26H,7,10,17-21H2,(H,29,32). The maximum atomic E-state index is 12.6. The van der Waals surface area contributed by atoms with Crippen molar-refractivity contribution >= 4 is 17.6 Å². The van der Waals surface area contributed by atoms with Gasteiger partial charge in [0.05, 0.1) is 6.04 Å². The second kappa shape index (κ2) is 11.2. The van der Waals surface area contributed by atoms with E-state index in [1.807, 2.05) is 29.2 Å². The van der Waals surface area contributed by atoms with Crippen LogP contribution in [0.1, 0.15) is 29.2 Å². The van der Waals surface area contributed by atoms with Gasteiger partial charge in [0.1, 0.15) is 0 Å². The Morgan fingerprint density at radius 1 is 0.812 bits per heavy atom. The SMILES string of the molecule is O=C(NCCCc1ccccc1)N1CCN(C(c2ccccc2)c2ccc(Cl)cc2)CC1. The van der Waals surface area contributed by atoms with Gasteiger partial charge in [-0.15, -0.1) is 0 Å². The van der Waals surface area contributed by atoms with E-state index in [9.17, 15) is 4.79 Å². The van der Waals surface area contributed by atoms with E-state index in [-0.39, 0.29) is 12.1 Å². The molecule has 1 aliphatic heterocycles. The van der Waals surface area contributed by atoms with Gasteiger partial charge in [-0.2, -0.15) is 0 Å². The Labute approximate surface area is 195 Å². The van der Waals surface area contributed by atoms with Crippen LogP contribution >= 0.6 is 11.6 Å². The molecule has 1 unspecified atom stereocenters. The number of amides is 2. The fourth-order valence-electron chi connectivity index (χ4n) is 4.32. The van der Waals surface area contributed by atoms with Crippen molar-refractivity contribution in [3.8, 4) is 0 Å². The molecule has 3 aromatic rings. The summed E-state index contributed by atoms with van der Waals surface area (Å²) in [5, 5.41) is 3.83. The smallest absolute Gasteiger partial charge is 0.317 e. The van der Waals surface area contributed by atoms with Crippen LogP contribution in [0.25, 0.3) is 0 Å². The van der Waals surface area contributed by atoms with Crippen LogP contribution in [0.4, 0.5) is 4.79 Å². The first kappa shape index (κ1) is 22.4. The molecule has 0 aliphatic carbocycles. The van der Waals surface area contributed by atoms with E-state index in [1.54, 1.807) is 0 Å². The van der Waals surface area contributed by atoms with E-state index in [1.165, 1.54) is 16.7 Å². The zero-order valence-corrected chi connectivity index (χ0v) is 19.0. The number of nitrogens with zero attached hydrogens (tertiary/aromatic N) is 2. The molecule has 3 aromatic carbocycles. The van der Waals surface area contributed by atoms with Gasteiger partial charge in [-0.1, -0.05) is 84.4 Å². The topological polar surface area (TPSA) is 35.6 Å². The molecule has 0 aromatic heterocycles. The van der Waals surface area contributed by atoms with Crippen LogP contribution in [0.5, 0.6) is 0 Å². The molecule has 1 fully saturated rings. The van der Waals surface area contributed by atoms with Crippen LogP contribution in [0.2, 0.25) is 5.02 Å². The molecule has 0 saturated carbocycles. The van der Waals surface area contributed by atoms with Gasteiger partial charge in [0, 0.05) is 37.7 Å².